The molecule has 1 atom stereocenters. The number of rotatable bonds is 2. The second-order valence-electron chi connectivity index (χ2n) is 6.17. The molecule has 0 aliphatic carbocycles. The van der Waals surface area contributed by atoms with Gasteiger partial charge < -0.3 is 10.6 Å². The minimum Gasteiger partial charge on any atom is -0.397 e. The van der Waals surface area contributed by atoms with Gasteiger partial charge in [0.15, 0.2) is 0 Å². The Kier molecular flexibility index (Phi) is 3.73. The van der Waals surface area contributed by atoms with Crippen molar-refractivity contribution in [2.75, 3.05) is 12.8 Å². The van der Waals surface area contributed by atoms with E-state index in [1.54, 1.807) is 17.3 Å². The molecule has 0 fully saturated rings. The van der Waals surface area contributed by atoms with Crippen molar-refractivity contribution in [3.8, 4) is 0 Å². The average Bonchev–Trinajstić information content (AvgIpc) is 2.73. The summed E-state index contributed by atoms with van der Waals surface area (Å²) in [6.07, 6.45) is 3.45. The number of aromatic nitrogens is 1. The molecule has 2 aromatic rings. The van der Waals surface area contributed by atoms with E-state index in [1.165, 1.54) is 11.3 Å². The molecule has 1 amide bonds. The number of anilines is 1. The van der Waals surface area contributed by atoms with Gasteiger partial charge in [0.2, 0.25) is 0 Å². The van der Waals surface area contributed by atoms with Crippen molar-refractivity contribution in [3.63, 3.8) is 0 Å². The zero-order chi connectivity index (χ0) is 15.1. The Labute approximate surface area is 123 Å². The number of hydrogen-bond acceptors (Lipinski definition) is 4. The first-order valence-electron chi connectivity index (χ1n) is 6.62. The number of thiophene rings is 1. The maximum absolute atomic E-state index is 12.7. The maximum Gasteiger partial charge on any atom is 0.266 e. The third-order valence-electron chi connectivity index (χ3n) is 3.88. The van der Waals surface area contributed by atoms with Crippen molar-refractivity contribution >= 4 is 33.0 Å². The van der Waals surface area contributed by atoms with Crippen LogP contribution in [0.2, 0.25) is 0 Å². The lowest BCUT2D eigenvalue weighted by Gasteiger charge is -2.35. The zero-order valence-electron chi connectivity index (χ0n) is 12.6. The Morgan fingerprint density at radius 1 is 1.45 bits per heavy atom. The van der Waals surface area contributed by atoms with Crippen molar-refractivity contribution < 1.29 is 4.79 Å². The number of nitrogens with zero attached hydrogens (tertiary/aromatic N) is 2. The summed E-state index contributed by atoms with van der Waals surface area (Å²) >= 11 is 1.41. The van der Waals surface area contributed by atoms with Gasteiger partial charge in [0.25, 0.3) is 5.91 Å². The Morgan fingerprint density at radius 3 is 2.65 bits per heavy atom. The SMILES string of the molecule is CC(N(C)C(=O)c1sc2cnccc2c1N)C(C)(C)C. The molecule has 2 aromatic heterocycles. The van der Waals surface area contributed by atoms with E-state index in [1.807, 2.05) is 13.1 Å². The monoisotopic (exact) mass is 291 g/mol. The largest absolute Gasteiger partial charge is 0.397 e. The highest BCUT2D eigenvalue weighted by molar-refractivity contribution is 7.21. The summed E-state index contributed by atoms with van der Waals surface area (Å²) in [5.74, 6) is -0.0221. The number of fused-ring (bicyclic) bond motifs is 1. The first kappa shape index (κ1) is 14.8. The summed E-state index contributed by atoms with van der Waals surface area (Å²) in [6.45, 7) is 8.43. The highest BCUT2D eigenvalue weighted by atomic mass is 32.1. The minimum atomic E-state index is -0.0221. The maximum atomic E-state index is 12.7. The van der Waals surface area contributed by atoms with Crippen molar-refractivity contribution in [1.82, 2.24) is 9.88 Å². The standard InChI is InChI=1S/C15H21N3OS/c1-9(15(2,3)4)18(5)14(19)13-12(16)10-6-7-17-8-11(10)20-13/h6-9H,16H2,1-5H3. The third kappa shape index (κ3) is 2.50. The summed E-state index contributed by atoms with van der Waals surface area (Å²) in [6, 6.07) is 1.98. The van der Waals surface area contributed by atoms with Crippen LogP contribution in [-0.2, 0) is 0 Å². The molecule has 0 saturated heterocycles. The molecular formula is C15H21N3OS. The molecule has 0 radical (unpaired) electrons. The Balaban J connectivity index is 2.39. The fourth-order valence-corrected chi connectivity index (χ4v) is 3.12. The van der Waals surface area contributed by atoms with Crippen LogP contribution in [0.5, 0.6) is 0 Å². The molecule has 0 aliphatic rings. The van der Waals surface area contributed by atoms with E-state index in [0.717, 1.165) is 10.1 Å². The van der Waals surface area contributed by atoms with Gasteiger partial charge >= 0.3 is 0 Å². The van der Waals surface area contributed by atoms with E-state index < -0.39 is 0 Å². The second kappa shape index (κ2) is 5.05. The van der Waals surface area contributed by atoms with Crippen LogP contribution in [0.3, 0.4) is 0 Å². The van der Waals surface area contributed by atoms with Crippen LogP contribution in [0.15, 0.2) is 18.5 Å². The number of hydrogen-bond donors (Lipinski definition) is 1. The Hall–Kier alpha value is -1.62. The van der Waals surface area contributed by atoms with Crippen LogP contribution < -0.4 is 5.73 Å². The summed E-state index contributed by atoms with van der Waals surface area (Å²) in [5.41, 5.74) is 6.71. The van der Waals surface area contributed by atoms with E-state index in [2.05, 4.69) is 32.7 Å². The van der Waals surface area contributed by atoms with E-state index in [9.17, 15) is 4.79 Å². The van der Waals surface area contributed by atoms with Gasteiger partial charge in [0.1, 0.15) is 4.88 Å². The van der Waals surface area contributed by atoms with E-state index in [-0.39, 0.29) is 17.4 Å². The van der Waals surface area contributed by atoms with Gasteiger partial charge in [-0.05, 0) is 18.4 Å². The number of pyridine rings is 1. The summed E-state index contributed by atoms with van der Waals surface area (Å²) in [7, 11) is 1.83. The van der Waals surface area contributed by atoms with Gasteiger partial charge in [0, 0.05) is 30.9 Å². The van der Waals surface area contributed by atoms with Crippen LogP contribution >= 0.6 is 11.3 Å². The first-order chi connectivity index (χ1) is 9.23. The van der Waals surface area contributed by atoms with Gasteiger partial charge in [-0.2, -0.15) is 0 Å². The molecule has 0 aromatic carbocycles. The highest BCUT2D eigenvalue weighted by Crippen LogP contribution is 2.34. The second-order valence-corrected chi connectivity index (χ2v) is 7.23. The number of nitrogen functional groups attached to an aromatic ring is 1. The van der Waals surface area contributed by atoms with Crippen LogP contribution in [-0.4, -0.2) is 28.9 Å². The van der Waals surface area contributed by atoms with Crippen LogP contribution in [0, 0.1) is 5.41 Å². The number of amides is 1. The first-order valence-corrected chi connectivity index (χ1v) is 7.44. The lowest BCUT2D eigenvalue weighted by molar-refractivity contribution is 0.0635. The quantitative estimate of drug-likeness (QED) is 0.922. The van der Waals surface area contributed by atoms with Gasteiger partial charge in [0.05, 0.1) is 10.4 Å². The summed E-state index contributed by atoms with van der Waals surface area (Å²) in [5, 5.41) is 0.908. The van der Waals surface area contributed by atoms with Crippen LogP contribution in [0.25, 0.3) is 10.1 Å². The Morgan fingerprint density at radius 2 is 2.10 bits per heavy atom. The molecule has 0 spiro atoms. The van der Waals surface area contributed by atoms with Gasteiger partial charge in [-0.15, -0.1) is 11.3 Å². The molecule has 2 rings (SSSR count). The lowest BCUT2D eigenvalue weighted by Crippen LogP contribution is -2.42. The molecule has 5 heteroatoms. The smallest absolute Gasteiger partial charge is 0.266 e. The van der Waals surface area contributed by atoms with Crippen LogP contribution in [0.1, 0.15) is 37.4 Å². The molecule has 0 bridgehead atoms. The van der Waals surface area contributed by atoms with Crippen molar-refractivity contribution in [1.29, 1.82) is 0 Å². The van der Waals surface area contributed by atoms with Gasteiger partial charge in [-0.25, -0.2) is 0 Å². The molecule has 0 saturated carbocycles. The number of carbonyl (C=O) groups is 1. The van der Waals surface area contributed by atoms with E-state index in [0.29, 0.717) is 10.6 Å². The Bertz CT molecular complexity index is 642. The average molecular weight is 291 g/mol. The zero-order valence-corrected chi connectivity index (χ0v) is 13.4. The predicted octanol–water partition coefficient (Wildman–Crippen LogP) is 3.39. The number of carbonyl (C=O) groups excluding carboxylic acids is 1. The molecule has 108 valence electrons. The highest BCUT2D eigenvalue weighted by Gasteiger charge is 2.29. The minimum absolute atomic E-state index is 0.0221. The molecule has 2 N–H and O–H groups in total. The van der Waals surface area contributed by atoms with Crippen molar-refractivity contribution in [2.45, 2.75) is 33.7 Å². The molecule has 4 nitrogen and oxygen atoms in total. The normalized spacial score (nSPS) is 13.4. The third-order valence-corrected chi connectivity index (χ3v) is 5.02. The van der Waals surface area contributed by atoms with Crippen molar-refractivity contribution in [3.05, 3.63) is 23.3 Å². The van der Waals surface area contributed by atoms with Crippen LogP contribution in [0.4, 0.5) is 5.69 Å². The van der Waals surface area contributed by atoms with E-state index in [4.69, 9.17) is 5.73 Å². The van der Waals surface area contributed by atoms with Gasteiger partial charge in [-0.1, -0.05) is 20.8 Å². The fraction of sp³-hybridized carbons (Fsp3) is 0.467. The summed E-state index contributed by atoms with van der Waals surface area (Å²) < 4.78 is 0.949. The molecular weight excluding hydrogens is 270 g/mol. The van der Waals surface area contributed by atoms with Gasteiger partial charge in [-0.3, -0.25) is 9.78 Å². The fourth-order valence-electron chi connectivity index (χ4n) is 2.05. The molecule has 1 unspecified atom stereocenters. The lowest BCUT2D eigenvalue weighted by atomic mass is 9.87. The molecule has 2 heterocycles. The summed E-state index contributed by atoms with van der Waals surface area (Å²) in [4.78, 5) is 19.1. The predicted molar refractivity (Wildman–Crippen MR) is 85.0 cm³/mol. The van der Waals surface area contributed by atoms with Crippen molar-refractivity contribution in [2.24, 2.45) is 5.41 Å². The topological polar surface area (TPSA) is 59.2 Å². The molecule has 0 aliphatic heterocycles. The van der Waals surface area contributed by atoms with E-state index >= 15 is 0 Å². The number of nitrogens with two attached hydrogens (primary N) is 1. The molecule has 20 heavy (non-hydrogen) atoms.